The molecule has 1 aliphatic carbocycles. The molecule has 4 heteroatoms. The predicted octanol–water partition coefficient (Wildman–Crippen LogP) is 2.89. The SMILES string of the molecule is CC1(C)Cc2ccc(Cl)cc2C1NCCN1CCOCC1. The second kappa shape index (κ2) is 6.25. The van der Waals surface area contributed by atoms with E-state index in [-0.39, 0.29) is 5.41 Å². The van der Waals surface area contributed by atoms with Crippen LogP contribution in [0.15, 0.2) is 18.2 Å². The Morgan fingerprint density at radius 3 is 2.86 bits per heavy atom. The molecule has 1 atom stereocenters. The lowest BCUT2D eigenvalue weighted by Gasteiger charge is -2.31. The smallest absolute Gasteiger partial charge is 0.0594 e. The van der Waals surface area contributed by atoms with Crippen LogP contribution < -0.4 is 5.32 Å². The van der Waals surface area contributed by atoms with Crippen molar-refractivity contribution in [2.75, 3.05) is 39.4 Å². The Bertz CT molecular complexity index is 498. The number of halogens is 1. The Morgan fingerprint density at radius 2 is 2.10 bits per heavy atom. The number of morpholine rings is 1. The average molecular weight is 309 g/mol. The Morgan fingerprint density at radius 1 is 1.33 bits per heavy atom. The molecule has 2 aliphatic rings. The van der Waals surface area contributed by atoms with Crippen LogP contribution in [-0.2, 0) is 11.2 Å². The van der Waals surface area contributed by atoms with Gasteiger partial charge < -0.3 is 10.1 Å². The van der Waals surface area contributed by atoms with Crippen molar-refractivity contribution in [3.05, 3.63) is 34.3 Å². The number of benzene rings is 1. The van der Waals surface area contributed by atoms with Gasteiger partial charge in [0, 0.05) is 37.2 Å². The fourth-order valence-electron chi connectivity index (χ4n) is 3.59. The van der Waals surface area contributed by atoms with Crippen molar-refractivity contribution < 1.29 is 4.74 Å². The molecule has 0 aromatic heterocycles. The summed E-state index contributed by atoms with van der Waals surface area (Å²) in [4.78, 5) is 2.47. The van der Waals surface area contributed by atoms with E-state index in [9.17, 15) is 0 Å². The molecule has 0 saturated carbocycles. The number of ether oxygens (including phenoxy) is 1. The summed E-state index contributed by atoms with van der Waals surface area (Å²) in [6, 6.07) is 6.72. The first-order valence-electron chi connectivity index (χ1n) is 7.88. The average Bonchev–Trinajstić information content (AvgIpc) is 2.71. The minimum absolute atomic E-state index is 0.248. The predicted molar refractivity (Wildman–Crippen MR) is 86.9 cm³/mol. The van der Waals surface area contributed by atoms with E-state index in [0.29, 0.717) is 6.04 Å². The van der Waals surface area contributed by atoms with E-state index in [2.05, 4.69) is 36.2 Å². The molecule has 1 aromatic rings. The van der Waals surface area contributed by atoms with Gasteiger partial charge in [0.15, 0.2) is 0 Å². The number of fused-ring (bicyclic) bond motifs is 1. The Balaban J connectivity index is 1.62. The minimum atomic E-state index is 0.248. The van der Waals surface area contributed by atoms with Crippen LogP contribution in [0.3, 0.4) is 0 Å². The van der Waals surface area contributed by atoms with Gasteiger partial charge in [-0.1, -0.05) is 31.5 Å². The number of nitrogens with one attached hydrogen (secondary N) is 1. The molecular weight excluding hydrogens is 284 g/mol. The topological polar surface area (TPSA) is 24.5 Å². The van der Waals surface area contributed by atoms with E-state index in [1.54, 1.807) is 0 Å². The molecule has 1 aliphatic heterocycles. The summed E-state index contributed by atoms with van der Waals surface area (Å²) in [6.07, 6.45) is 1.12. The highest BCUT2D eigenvalue weighted by Crippen LogP contribution is 2.45. The molecule has 3 rings (SSSR count). The van der Waals surface area contributed by atoms with Crippen molar-refractivity contribution in [3.63, 3.8) is 0 Å². The van der Waals surface area contributed by atoms with E-state index < -0.39 is 0 Å². The highest BCUT2D eigenvalue weighted by Gasteiger charge is 2.38. The Hall–Kier alpha value is -0.610. The molecule has 0 spiro atoms. The van der Waals surface area contributed by atoms with Crippen molar-refractivity contribution in [2.45, 2.75) is 26.3 Å². The molecule has 1 saturated heterocycles. The monoisotopic (exact) mass is 308 g/mol. The summed E-state index contributed by atoms with van der Waals surface area (Å²) in [5.74, 6) is 0. The van der Waals surface area contributed by atoms with Gasteiger partial charge >= 0.3 is 0 Å². The molecule has 1 heterocycles. The van der Waals surface area contributed by atoms with Gasteiger partial charge in [0.2, 0.25) is 0 Å². The third-order valence-electron chi connectivity index (χ3n) is 4.73. The molecular formula is C17H25ClN2O. The van der Waals surface area contributed by atoms with Gasteiger partial charge in [-0.05, 0) is 35.1 Å². The Labute approximate surface area is 132 Å². The quantitative estimate of drug-likeness (QED) is 0.925. The number of nitrogens with zero attached hydrogens (tertiary/aromatic N) is 1. The van der Waals surface area contributed by atoms with Gasteiger partial charge in [-0.15, -0.1) is 0 Å². The normalized spacial score (nSPS) is 25.0. The minimum Gasteiger partial charge on any atom is -0.379 e. The molecule has 1 aromatic carbocycles. The van der Waals surface area contributed by atoms with Crippen LogP contribution in [0.1, 0.15) is 31.0 Å². The maximum Gasteiger partial charge on any atom is 0.0594 e. The lowest BCUT2D eigenvalue weighted by Crippen LogP contribution is -2.42. The molecule has 1 unspecified atom stereocenters. The van der Waals surface area contributed by atoms with Crippen molar-refractivity contribution in [1.82, 2.24) is 10.2 Å². The first-order chi connectivity index (χ1) is 10.1. The number of rotatable bonds is 4. The summed E-state index contributed by atoms with van der Waals surface area (Å²) in [7, 11) is 0. The van der Waals surface area contributed by atoms with Crippen LogP contribution in [0.5, 0.6) is 0 Å². The molecule has 0 radical (unpaired) electrons. The maximum absolute atomic E-state index is 6.19. The van der Waals surface area contributed by atoms with Crippen molar-refractivity contribution >= 4 is 11.6 Å². The summed E-state index contributed by atoms with van der Waals surface area (Å²) < 4.78 is 5.40. The van der Waals surface area contributed by atoms with Gasteiger partial charge in [0.05, 0.1) is 13.2 Å². The van der Waals surface area contributed by atoms with Gasteiger partial charge in [-0.3, -0.25) is 4.90 Å². The summed E-state index contributed by atoms with van der Waals surface area (Å²) in [6.45, 7) is 10.6. The van der Waals surface area contributed by atoms with E-state index in [4.69, 9.17) is 16.3 Å². The first kappa shape index (κ1) is 15.3. The van der Waals surface area contributed by atoms with Crippen molar-refractivity contribution in [2.24, 2.45) is 5.41 Å². The van der Waals surface area contributed by atoms with Crippen LogP contribution in [0.25, 0.3) is 0 Å². The van der Waals surface area contributed by atoms with Gasteiger partial charge in [0.1, 0.15) is 0 Å². The fourth-order valence-corrected chi connectivity index (χ4v) is 3.77. The third-order valence-corrected chi connectivity index (χ3v) is 4.96. The zero-order valence-corrected chi connectivity index (χ0v) is 13.7. The molecule has 0 bridgehead atoms. The highest BCUT2D eigenvalue weighted by atomic mass is 35.5. The van der Waals surface area contributed by atoms with Gasteiger partial charge in [0.25, 0.3) is 0 Å². The second-order valence-electron chi connectivity index (χ2n) is 6.85. The highest BCUT2D eigenvalue weighted by molar-refractivity contribution is 6.30. The molecule has 1 N–H and O–H groups in total. The van der Waals surface area contributed by atoms with Crippen LogP contribution >= 0.6 is 11.6 Å². The third kappa shape index (κ3) is 3.42. The van der Waals surface area contributed by atoms with E-state index in [1.807, 2.05) is 6.07 Å². The summed E-state index contributed by atoms with van der Waals surface area (Å²) in [5, 5.41) is 4.60. The molecule has 116 valence electrons. The van der Waals surface area contributed by atoms with Crippen molar-refractivity contribution in [1.29, 1.82) is 0 Å². The standard InChI is InChI=1S/C17H25ClN2O/c1-17(2)12-13-3-4-14(18)11-15(13)16(17)19-5-6-20-7-9-21-10-8-20/h3-4,11,16,19H,5-10,12H2,1-2H3. The molecule has 0 amide bonds. The van der Waals surface area contributed by atoms with Gasteiger partial charge in [-0.2, -0.15) is 0 Å². The second-order valence-corrected chi connectivity index (χ2v) is 7.29. The number of hydrogen-bond acceptors (Lipinski definition) is 3. The van der Waals surface area contributed by atoms with Crippen LogP contribution in [0.4, 0.5) is 0 Å². The summed E-state index contributed by atoms with van der Waals surface area (Å²) in [5.41, 5.74) is 3.07. The molecule has 3 nitrogen and oxygen atoms in total. The first-order valence-corrected chi connectivity index (χ1v) is 8.26. The van der Waals surface area contributed by atoms with Crippen molar-refractivity contribution in [3.8, 4) is 0 Å². The Kier molecular flexibility index (Phi) is 4.55. The van der Waals surface area contributed by atoms with Crippen LogP contribution in [-0.4, -0.2) is 44.3 Å². The lowest BCUT2D eigenvalue weighted by atomic mass is 9.85. The van der Waals surface area contributed by atoms with Crippen LogP contribution in [0.2, 0.25) is 5.02 Å². The maximum atomic E-state index is 6.19. The fraction of sp³-hybridized carbons (Fsp3) is 0.647. The van der Waals surface area contributed by atoms with E-state index in [0.717, 1.165) is 50.8 Å². The molecule has 1 fully saturated rings. The van der Waals surface area contributed by atoms with E-state index in [1.165, 1.54) is 11.1 Å². The largest absolute Gasteiger partial charge is 0.379 e. The number of hydrogen-bond donors (Lipinski definition) is 1. The van der Waals surface area contributed by atoms with E-state index >= 15 is 0 Å². The summed E-state index contributed by atoms with van der Waals surface area (Å²) >= 11 is 6.19. The zero-order valence-electron chi connectivity index (χ0n) is 13.0. The molecule has 21 heavy (non-hydrogen) atoms. The lowest BCUT2D eigenvalue weighted by molar-refractivity contribution is 0.0376. The zero-order chi connectivity index (χ0) is 14.9. The van der Waals surface area contributed by atoms with Gasteiger partial charge in [-0.25, -0.2) is 0 Å². The van der Waals surface area contributed by atoms with Crippen LogP contribution in [0, 0.1) is 5.41 Å².